The Kier molecular flexibility index (Phi) is 3.74. The summed E-state index contributed by atoms with van der Waals surface area (Å²) < 4.78 is 68.4. The Balaban J connectivity index is 2.14. The third-order valence-corrected chi connectivity index (χ3v) is 4.26. The van der Waals surface area contributed by atoms with Crippen molar-refractivity contribution in [2.75, 3.05) is 18.4 Å². The van der Waals surface area contributed by atoms with Gasteiger partial charge < -0.3 is 15.0 Å². The highest BCUT2D eigenvalue weighted by molar-refractivity contribution is 9.10. The third-order valence-electron chi connectivity index (χ3n) is 3.46. The lowest BCUT2D eigenvalue weighted by atomic mass is 10.1. The second-order valence-corrected chi connectivity index (χ2v) is 6.41. The van der Waals surface area contributed by atoms with Gasteiger partial charge in [0.05, 0.1) is 52.4 Å². The van der Waals surface area contributed by atoms with E-state index in [0.717, 1.165) is 12.4 Å². The minimum Gasteiger partial charge on any atom is -0.394 e. The zero-order valence-corrected chi connectivity index (χ0v) is 15.5. The molecule has 0 unspecified atom stereocenters. The van der Waals surface area contributed by atoms with Crippen molar-refractivity contribution in [3.8, 4) is 0 Å². The highest BCUT2D eigenvalue weighted by atomic mass is 79.9. The molecule has 142 valence electrons. The molecule has 3 aromatic rings. The van der Waals surface area contributed by atoms with E-state index in [9.17, 15) is 9.90 Å². The summed E-state index contributed by atoms with van der Waals surface area (Å²) in [6.45, 7) is -9.64. The smallest absolute Gasteiger partial charge is 0.277 e. The van der Waals surface area contributed by atoms with Crippen molar-refractivity contribution in [1.29, 1.82) is 0 Å². The first-order chi connectivity index (χ1) is 15.5. The Morgan fingerprint density at radius 1 is 1.56 bits per heavy atom. The molecule has 0 aliphatic carbocycles. The van der Waals surface area contributed by atoms with Crippen molar-refractivity contribution < 1.29 is 28.7 Å². The maximum absolute atomic E-state index is 15.5. The molecule has 3 N–H and O–H groups in total. The number of hydrogen-bond donors (Lipinski definition) is 3. The number of amides is 1. The summed E-state index contributed by atoms with van der Waals surface area (Å²) in [4.78, 5) is 21.0. The van der Waals surface area contributed by atoms with Crippen LogP contribution in [0.4, 0.5) is 15.8 Å². The SMILES string of the molecule is [2H]C([2H])([2H])n1cnc2c(F)c(Nc3ccc(Br)cc3Cl)c(C(=O)NOC([2H])([2H])C([2H])([2H])O)cc21. The number of carbonyl (C=O) groups excluding carboxylic acids is 1. The lowest BCUT2D eigenvalue weighted by Crippen LogP contribution is -2.26. The van der Waals surface area contributed by atoms with Gasteiger partial charge in [-0.2, -0.15) is 0 Å². The first kappa shape index (κ1) is 12.3. The number of benzene rings is 2. The van der Waals surface area contributed by atoms with Crippen molar-refractivity contribution in [2.24, 2.45) is 6.98 Å². The van der Waals surface area contributed by atoms with Gasteiger partial charge in [0.2, 0.25) is 0 Å². The molecule has 0 aliphatic heterocycles. The molecule has 1 aromatic heterocycles. The molecule has 27 heavy (non-hydrogen) atoms. The van der Waals surface area contributed by atoms with Crippen LogP contribution in [0, 0.1) is 5.82 Å². The Morgan fingerprint density at radius 2 is 2.37 bits per heavy atom. The van der Waals surface area contributed by atoms with Gasteiger partial charge in [-0.25, -0.2) is 14.9 Å². The number of aliphatic hydroxyl groups is 1. The average molecular weight is 465 g/mol. The molecule has 1 amide bonds. The highest BCUT2D eigenvalue weighted by Crippen LogP contribution is 2.34. The van der Waals surface area contributed by atoms with Crippen LogP contribution in [0.2, 0.25) is 5.02 Å². The van der Waals surface area contributed by atoms with Crippen molar-refractivity contribution in [3.63, 3.8) is 0 Å². The molecule has 0 bridgehead atoms. The van der Waals surface area contributed by atoms with E-state index < -0.39 is 43.1 Å². The van der Waals surface area contributed by atoms with Gasteiger partial charge in [0.15, 0.2) is 5.82 Å². The van der Waals surface area contributed by atoms with Gasteiger partial charge in [-0.3, -0.25) is 9.63 Å². The number of nitrogens with zero attached hydrogens (tertiary/aromatic N) is 2. The van der Waals surface area contributed by atoms with Crippen molar-refractivity contribution in [2.45, 2.75) is 0 Å². The number of hydrogen-bond acceptors (Lipinski definition) is 5. The lowest BCUT2D eigenvalue weighted by Gasteiger charge is -2.15. The van der Waals surface area contributed by atoms with E-state index in [0.29, 0.717) is 9.04 Å². The topological polar surface area (TPSA) is 88.4 Å². The van der Waals surface area contributed by atoms with Gasteiger partial charge >= 0.3 is 0 Å². The van der Waals surface area contributed by atoms with E-state index in [4.69, 9.17) is 21.2 Å². The molecular weight excluding hydrogens is 443 g/mol. The maximum atomic E-state index is 15.5. The van der Waals surface area contributed by atoms with Crippen LogP contribution in [0.15, 0.2) is 35.1 Å². The highest BCUT2D eigenvalue weighted by Gasteiger charge is 2.22. The van der Waals surface area contributed by atoms with Crippen LogP contribution in [0.25, 0.3) is 11.0 Å². The molecule has 0 saturated carbocycles. The number of hydroxylamine groups is 1. The van der Waals surface area contributed by atoms with Crippen molar-refractivity contribution >= 4 is 55.8 Å². The average Bonchev–Trinajstić information content (AvgIpc) is 3.13. The number of anilines is 2. The van der Waals surface area contributed by atoms with Crippen LogP contribution in [-0.4, -0.2) is 33.7 Å². The van der Waals surface area contributed by atoms with E-state index in [2.05, 4.69) is 31.1 Å². The van der Waals surface area contributed by atoms with Gasteiger partial charge in [-0.15, -0.1) is 0 Å². The Hall–Kier alpha value is -2.20. The van der Waals surface area contributed by atoms with Crippen LogP contribution < -0.4 is 10.8 Å². The van der Waals surface area contributed by atoms with Gasteiger partial charge in [0.1, 0.15) is 5.52 Å². The van der Waals surface area contributed by atoms with Gasteiger partial charge in [0.25, 0.3) is 5.91 Å². The molecule has 0 saturated heterocycles. The van der Waals surface area contributed by atoms with E-state index >= 15 is 4.39 Å². The summed E-state index contributed by atoms with van der Waals surface area (Å²) in [7, 11) is 0. The van der Waals surface area contributed by atoms with Crippen LogP contribution in [0.5, 0.6) is 0 Å². The number of nitrogens with one attached hydrogen (secondary N) is 2. The maximum Gasteiger partial charge on any atom is 0.277 e. The Morgan fingerprint density at radius 3 is 3.07 bits per heavy atom. The summed E-state index contributed by atoms with van der Waals surface area (Å²) in [5.41, 5.74) is 0.0536. The minimum absolute atomic E-state index is 0.134. The number of aryl methyl sites for hydroxylation is 1. The van der Waals surface area contributed by atoms with Crippen LogP contribution in [0.1, 0.15) is 20.0 Å². The molecule has 7 nitrogen and oxygen atoms in total. The van der Waals surface area contributed by atoms with E-state index in [1.165, 1.54) is 12.1 Å². The van der Waals surface area contributed by atoms with E-state index in [1.54, 1.807) is 11.5 Å². The summed E-state index contributed by atoms with van der Waals surface area (Å²) in [5.74, 6) is -2.41. The Bertz CT molecular complexity index is 1270. The van der Waals surface area contributed by atoms with Crippen molar-refractivity contribution in [1.82, 2.24) is 15.0 Å². The predicted octanol–water partition coefficient (Wildman–Crippen LogP) is 3.53. The molecule has 10 heteroatoms. The number of aromatic nitrogens is 2. The van der Waals surface area contributed by atoms with Gasteiger partial charge in [0, 0.05) is 15.6 Å². The minimum atomic E-state index is -3.50. The first-order valence-corrected chi connectivity index (χ1v) is 8.33. The monoisotopic (exact) mass is 463 g/mol. The molecule has 0 spiro atoms. The van der Waals surface area contributed by atoms with E-state index in [-0.39, 0.29) is 21.7 Å². The predicted molar refractivity (Wildman–Crippen MR) is 104 cm³/mol. The molecule has 2 aromatic carbocycles. The fourth-order valence-corrected chi connectivity index (χ4v) is 3.01. The fraction of sp³-hybridized carbons (Fsp3) is 0.176. The van der Waals surface area contributed by atoms with Crippen molar-refractivity contribution in [3.05, 3.63) is 51.5 Å². The van der Waals surface area contributed by atoms with Gasteiger partial charge in [-0.05, 0) is 24.3 Å². The van der Waals surface area contributed by atoms with Gasteiger partial charge in [-0.1, -0.05) is 27.5 Å². The molecule has 0 atom stereocenters. The normalized spacial score (nSPS) is 16.4. The number of fused-ring (bicyclic) bond motifs is 1. The van der Waals surface area contributed by atoms with Crippen LogP contribution >= 0.6 is 27.5 Å². The third kappa shape index (κ3) is 4.06. The molecule has 0 fully saturated rings. The zero-order valence-electron chi connectivity index (χ0n) is 20.2. The summed E-state index contributed by atoms with van der Waals surface area (Å²) in [5, 5.41) is 12.0. The second-order valence-electron chi connectivity index (χ2n) is 5.09. The number of imidazole rings is 1. The number of rotatable bonds is 6. The lowest BCUT2D eigenvalue weighted by molar-refractivity contribution is 0.0169. The summed E-state index contributed by atoms with van der Waals surface area (Å²) in [6, 6.07) is 5.52. The largest absolute Gasteiger partial charge is 0.394 e. The number of carbonyl (C=O) groups is 1. The molecule has 3 rings (SSSR count). The number of halogens is 3. The molecule has 1 heterocycles. The van der Waals surface area contributed by atoms with Crippen LogP contribution in [-0.2, 0) is 11.8 Å². The molecule has 0 aliphatic rings. The van der Waals surface area contributed by atoms with Crippen LogP contribution in [0.3, 0.4) is 0 Å². The second kappa shape index (κ2) is 8.22. The summed E-state index contributed by atoms with van der Waals surface area (Å²) in [6.07, 6.45) is 0.869. The van der Waals surface area contributed by atoms with E-state index in [1.807, 2.05) is 0 Å². The summed E-state index contributed by atoms with van der Waals surface area (Å²) >= 11 is 9.39. The molecular formula is C17H15BrClFN4O3. The standard InChI is InChI=1S/C17H15BrClFN4O3/c1-24-8-21-16-13(24)7-10(17(26)23-27-5-4-25)15(14(16)20)22-12-3-2-9(18)6-11(12)19/h2-3,6-8,22,25H,4-5H2,1H3,(H,23,26)/i1D3,4D2,5D2. The zero-order chi connectivity index (χ0) is 25.6. The Labute approximate surface area is 177 Å². The fourth-order valence-electron chi connectivity index (χ4n) is 2.29. The molecule has 0 radical (unpaired) electrons. The quantitative estimate of drug-likeness (QED) is 0.486. The first-order valence-electron chi connectivity index (χ1n) is 10.7.